The maximum Gasteiger partial charge on any atom is 0.251 e. The van der Waals surface area contributed by atoms with Gasteiger partial charge < -0.3 is 15.5 Å². The first kappa shape index (κ1) is 20.1. The van der Waals surface area contributed by atoms with E-state index >= 15 is 0 Å². The second-order valence-electron chi connectivity index (χ2n) is 6.29. The van der Waals surface area contributed by atoms with Crippen LogP contribution in [0.1, 0.15) is 22.0 Å². The number of benzene rings is 2. The molecule has 5 nitrogen and oxygen atoms in total. The van der Waals surface area contributed by atoms with Crippen LogP contribution in [0.3, 0.4) is 0 Å². The average Bonchev–Trinajstić information content (AvgIpc) is 2.77. The fraction of sp³-hybridized carbons (Fsp3) is 0.182. The molecule has 6 heteroatoms. The Balaban J connectivity index is 1.69. The van der Waals surface area contributed by atoms with Crippen molar-refractivity contribution in [2.45, 2.75) is 17.0 Å². The third kappa shape index (κ3) is 4.78. The van der Waals surface area contributed by atoms with Crippen LogP contribution in [0.2, 0.25) is 0 Å². The third-order valence-electron chi connectivity index (χ3n) is 4.51. The maximum absolute atomic E-state index is 12.6. The molecule has 0 aliphatic carbocycles. The fourth-order valence-corrected chi connectivity index (χ4v) is 3.28. The number of aromatic nitrogens is 1. The van der Waals surface area contributed by atoms with Gasteiger partial charge in [-0.3, -0.25) is 9.78 Å². The van der Waals surface area contributed by atoms with Crippen molar-refractivity contribution in [3.05, 3.63) is 84.2 Å². The molecule has 0 radical (unpaired) electrons. The predicted molar refractivity (Wildman–Crippen MR) is 111 cm³/mol. The van der Waals surface area contributed by atoms with Crippen molar-refractivity contribution in [1.82, 2.24) is 10.3 Å². The Morgan fingerprint density at radius 1 is 1.00 bits per heavy atom. The molecular formula is C22H22N2O3S. The van der Waals surface area contributed by atoms with Gasteiger partial charge in [-0.25, -0.2) is 0 Å². The Hall–Kier alpha value is -2.67. The Morgan fingerprint density at radius 3 is 2.18 bits per heavy atom. The van der Waals surface area contributed by atoms with Crippen LogP contribution in [0, 0.1) is 0 Å². The van der Waals surface area contributed by atoms with Crippen LogP contribution in [0.25, 0.3) is 11.1 Å². The van der Waals surface area contributed by atoms with Crippen LogP contribution >= 0.6 is 11.8 Å². The van der Waals surface area contributed by atoms with Crippen LogP contribution in [0.15, 0.2) is 78.0 Å². The molecule has 1 amide bonds. The van der Waals surface area contributed by atoms with E-state index in [9.17, 15) is 15.0 Å². The maximum atomic E-state index is 12.6. The molecule has 0 spiro atoms. The van der Waals surface area contributed by atoms with Gasteiger partial charge in [-0.1, -0.05) is 24.3 Å². The SMILES string of the molecule is CSc1ccc(C(O)C(CO)NC(=O)c2ccc(-c3ccncc3)cc2)cc1. The smallest absolute Gasteiger partial charge is 0.251 e. The van der Waals surface area contributed by atoms with E-state index in [2.05, 4.69) is 10.3 Å². The molecular weight excluding hydrogens is 372 g/mol. The summed E-state index contributed by atoms with van der Waals surface area (Å²) in [5, 5.41) is 22.9. The Morgan fingerprint density at radius 2 is 1.61 bits per heavy atom. The summed E-state index contributed by atoms with van der Waals surface area (Å²) < 4.78 is 0. The second kappa shape index (κ2) is 9.50. The molecule has 2 aromatic carbocycles. The summed E-state index contributed by atoms with van der Waals surface area (Å²) in [6.07, 6.45) is 4.41. The van der Waals surface area contributed by atoms with Crippen molar-refractivity contribution < 1.29 is 15.0 Å². The summed E-state index contributed by atoms with van der Waals surface area (Å²) in [6, 6.07) is 17.6. The van der Waals surface area contributed by atoms with E-state index in [0.717, 1.165) is 16.0 Å². The quantitative estimate of drug-likeness (QED) is 0.536. The van der Waals surface area contributed by atoms with E-state index in [1.165, 1.54) is 0 Å². The molecule has 0 bridgehead atoms. The number of carbonyl (C=O) groups is 1. The van der Waals surface area contributed by atoms with Crippen molar-refractivity contribution in [2.75, 3.05) is 12.9 Å². The molecule has 0 saturated carbocycles. The standard InChI is InChI=1S/C22H22N2O3S/c1-28-19-8-6-17(7-9-19)21(26)20(14-25)24-22(27)18-4-2-15(3-5-18)16-10-12-23-13-11-16/h2-13,20-21,25-26H,14H2,1H3,(H,24,27). The summed E-state index contributed by atoms with van der Waals surface area (Å²) in [5.41, 5.74) is 3.09. The van der Waals surface area contributed by atoms with Crippen LogP contribution in [0.4, 0.5) is 0 Å². The number of aliphatic hydroxyl groups is 2. The van der Waals surface area contributed by atoms with E-state index in [0.29, 0.717) is 11.1 Å². The van der Waals surface area contributed by atoms with Gasteiger partial charge in [0.1, 0.15) is 6.10 Å². The first-order valence-electron chi connectivity index (χ1n) is 8.86. The minimum Gasteiger partial charge on any atom is -0.394 e. The van der Waals surface area contributed by atoms with E-state index in [-0.39, 0.29) is 12.5 Å². The van der Waals surface area contributed by atoms with Crippen LogP contribution in [0.5, 0.6) is 0 Å². The molecule has 1 aromatic heterocycles. The van der Waals surface area contributed by atoms with Crippen molar-refractivity contribution in [1.29, 1.82) is 0 Å². The number of rotatable bonds is 7. The van der Waals surface area contributed by atoms with Crippen molar-refractivity contribution in [3.63, 3.8) is 0 Å². The number of pyridine rings is 1. The normalized spacial score (nSPS) is 13.0. The molecule has 144 valence electrons. The fourth-order valence-electron chi connectivity index (χ4n) is 2.87. The molecule has 28 heavy (non-hydrogen) atoms. The number of carbonyl (C=O) groups excluding carboxylic acids is 1. The summed E-state index contributed by atoms with van der Waals surface area (Å²) >= 11 is 1.61. The third-order valence-corrected chi connectivity index (χ3v) is 5.26. The number of nitrogens with one attached hydrogen (secondary N) is 1. The number of amides is 1. The molecule has 2 unspecified atom stereocenters. The van der Waals surface area contributed by atoms with Crippen molar-refractivity contribution in [2.24, 2.45) is 0 Å². The Kier molecular flexibility index (Phi) is 6.81. The van der Waals surface area contributed by atoms with Gasteiger partial charge in [0.25, 0.3) is 5.91 Å². The second-order valence-corrected chi connectivity index (χ2v) is 7.17. The van der Waals surface area contributed by atoms with Gasteiger partial charge in [0.2, 0.25) is 0 Å². The Bertz CT molecular complexity index is 899. The highest BCUT2D eigenvalue weighted by atomic mass is 32.2. The van der Waals surface area contributed by atoms with E-state index in [4.69, 9.17) is 0 Å². The highest BCUT2D eigenvalue weighted by Crippen LogP contribution is 2.22. The van der Waals surface area contributed by atoms with Gasteiger partial charge >= 0.3 is 0 Å². The topological polar surface area (TPSA) is 82.5 Å². The summed E-state index contributed by atoms with van der Waals surface area (Å²) in [7, 11) is 0. The molecule has 3 N–H and O–H groups in total. The van der Waals surface area contributed by atoms with Gasteiger partial charge in [0, 0.05) is 22.9 Å². The predicted octanol–water partition coefficient (Wildman–Crippen LogP) is 3.29. The van der Waals surface area contributed by atoms with Gasteiger partial charge in [-0.2, -0.15) is 0 Å². The molecule has 1 heterocycles. The zero-order valence-corrected chi connectivity index (χ0v) is 16.3. The Labute approximate surface area is 168 Å². The number of aliphatic hydroxyl groups excluding tert-OH is 2. The average molecular weight is 394 g/mol. The van der Waals surface area contributed by atoms with Crippen LogP contribution < -0.4 is 5.32 Å². The van der Waals surface area contributed by atoms with Gasteiger partial charge in [0.15, 0.2) is 0 Å². The number of thioether (sulfide) groups is 1. The molecule has 0 fully saturated rings. The molecule has 3 rings (SSSR count). The largest absolute Gasteiger partial charge is 0.394 e. The van der Waals surface area contributed by atoms with Crippen LogP contribution in [-0.2, 0) is 0 Å². The first-order chi connectivity index (χ1) is 13.6. The summed E-state index contributed by atoms with van der Waals surface area (Å²) in [4.78, 5) is 17.6. The number of hydrogen-bond donors (Lipinski definition) is 3. The van der Waals surface area contributed by atoms with Crippen LogP contribution in [-0.4, -0.2) is 40.0 Å². The first-order valence-corrected chi connectivity index (χ1v) is 10.1. The van der Waals surface area contributed by atoms with Gasteiger partial charge in [-0.15, -0.1) is 11.8 Å². The van der Waals surface area contributed by atoms with Gasteiger partial charge in [-0.05, 0) is 59.3 Å². The minimum absolute atomic E-state index is 0.347. The van der Waals surface area contributed by atoms with E-state index < -0.39 is 12.1 Å². The lowest BCUT2D eigenvalue weighted by Crippen LogP contribution is -2.41. The molecule has 2 atom stereocenters. The highest BCUT2D eigenvalue weighted by molar-refractivity contribution is 7.98. The lowest BCUT2D eigenvalue weighted by atomic mass is 10.0. The van der Waals surface area contributed by atoms with E-state index in [1.54, 1.807) is 48.4 Å². The summed E-state index contributed by atoms with van der Waals surface area (Å²) in [6.45, 7) is -0.369. The van der Waals surface area contributed by atoms with Gasteiger partial charge in [0.05, 0.1) is 12.6 Å². The molecule has 3 aromatic rings. The lowest BCUT2D eigenvalue weighted by molar-refractivity contribution is 0.0703. The van der Waals surface area contributed by atoms with Crippen molar-refractivity contribution in [3.8, 4) is 11.1 Å². The number of hydrogen-bond acceptors (Lipinski definition) is 5. The summed E-state index contributed by atoms with van der Waals surface area (Å²) in [5.74, 6) is -0.347. The van der Waals surface area contributed by atoms with E-state index in [1.807, 2.05) is 42.7 Å². The monoisotopic (exact) mass is 394 g/mol. The lowest BCUT2D eigenvalue weighted by Gasteiger charge is -2.23. The zero-order chi connectivity index (χ0) is 19.9. The molecule has 0 saturated heterocycles. The highest BCUT2D eigenvalue weighted by Gasteiger charge is 2.22. The van der Waals surface area contributed by atoms with Crippen molar-refractivity contribution >= 4 is 17.7 Å². The molecule has 0 aliphatic rings. The zero-order valence-electron chi connectivity index (χ0n) is 15.4. The number of nitrogens with zero attached hydrogens (tertiary/aromatic N) is 1. The molecule has 0 aliphatic heterocycles. The minimum atomic E-state index is -0.999.